The summed E-state index contributed by atoms with van der Waals surface area (Å²) in [5.74, 6) is -0.241. The summed E-state index contributed by atoms with van der Waals surface area (Å²) in [7, 11) is 0. The highest BCUT2D eigenvalue weighted by Gasteiger charge is 2.39. The van der Waals surface area contributed by atoms with Crippen LogP contribution >= 0.6 is 0 Å². The van der Waals surface area contributed by atoms with E-state index in [0.717, 1.165) is 19.4 Å². The maximum absolute atomic E-state index is 12.5. The van der Waals surface area contributed by atoms with Crippen molar-refractivity contribution in [2.45, 2.75) is 25.3 Å². The van der Waals surface area contributed by atoms with Crippen LogP contribution in [0.4, 0.5) is 0 Å². The zero-order valence-electron chi connectivity index (χ0n) is 12.3. The molecule has 4 heteroatoms. The van der Waals surface area contributed by atoms with Gasteiger partial charge in [-0.05, 0) is 36.9 Å². The number of carbonyl (C=O) groups excluding carboxylic acids is 2. The molecular formula is C18H18N2O2. The minimum absolute atomic E-state index is 0.0307. The van der Waals surface area contributed by atoms with E-state index >= 15 is 0 Å². The molecule has 1 atom stereocenters. The normalized spacial score (nSPS) is 23.8. The second-order valence-electron chi connectivity index (χ2n) is 6.01. The molecule has 0 fully saturated rings. The molecule has 1 N–H and O–H groups in total. The second kappa shape index (κ2) is 5.21. The molecule has 1 aromatic carbocycles. The standard InChI is InChI=1S/C18H18N2O2/c21-17-14-7-3-4-8-15(14)18(22)20(17)11-16-13-6-2-1-5-12(13)9-10-19-16/h1-3,5-7,16,19H,4,8-11H2. The lowest BCUT2D eigenvalue weighted by Crippen LogP contribution is -2.42. The first-order chi connectivity index (χ1) is 10.8. The fraction of sp³-hybridized carbons (Fsp3) is 0.333. The van der Waals surface area contributed by atoms with Crippen LogP contribution in [0.1, 0.15) is 30.0 Å². The Labute approximate surface area is 129 Å². The summed E-state index contributed by atoms with van der Waals surface area (Å²) in [6.07, 6.45) is 6.30. The molecule has 0 saturated carbocycles. The third-order valence-corrected chi connectivity index (χ3v) is 4.73. The van der Waals surface area contributed by atoms with E-state index in [1.807, 2.05) is 18.2 Å². The van der Waals surface area contributed by atoms with Gasteiger partial charge < -0.3 is 5.32 Å². The average Bonchev–Trinajstić information content (AvgIpc) is 2.81. The summed E-state index contributed by atoms with van der Waals surface area (Å²) in [5, 5.41) is 3.44. The molecule has 0 bridgehead atoms. The Balaban J connectivity index is 1.60. The van der Waals surface area contributed by atoms with Crippen molar-refractivity contribution < 1.29 is 9.59 Å². The lowest BCUT2D eigenvalue weighted by molar-refractivity contribution is -0.138. The Kier molecular flexibility index (Phi) is 3.19. The fourth-order valence-corrected chi connectivity index (χ4v) is 3.59. The van der Waals surface area contributed by atoms with Crippen LogP contribution in [0.15, 0.2) is 47.6 Å². The molecule has 4 nitrogen and oxygen atoms in total. The molecule has 1 aliphatic carbocycles. The number of hydrogen-bond acceptors (Lipinski definition) is 3. The predicted molar refractivity (Wildman–Crippen MR) is 83.0 cm³/mol. The number of nitrogens with one attached hydrogen (secondary N) is 1. The van der Waals surface area contributed by atoms with Gasteiger partial charge in [-0.2, -0.15) is 0 Å². The molecule has 4 rings (SSSR count). The van der Waals surface area contributed by atoms with Crippen LogP contribution in [0.5, 0.6) is 0 Å². The monoisotopic (exact) mass is 294 g/mol. The van der Waals surface area contributed by atoms with Gasteiger partial charge in [0.05, 0.1) is 6.04 Å². The van der Waals surface area contributed by atoms with Gasteiger partial charge in [-0.15, -0.1) is 0 Å². The van der Waals surface area contributed by atoms with Crippen LogP contribution in [0.3, 0.4) is 0 Å². The summed E-state index contributed by atoms with van der Waals surface area (Å²) >= 11 is 0. The van der Waals surface area contributed by atoms with Crippen molar-refractivity contribution in [1.29, 1.82) is 0 Å². The Morgan fingerprint density at radius 1 is 1.14 bits per heavy atom. The summed E-state index contributed by atoms with van der Waals surface area (Å²) in [5.41, 5.74) is 3.80. The third-order valence-electron chi connectivity index (χ3n) is 4.73. The Bertz CT molecular complexity index is 718. The van der Waals surface area contributed by atoms with Crippen LogP contribution in [0, 0.1) is 0 Å². The summed E-state index contributed by atoms with van der Waals surface area (Å²) in [6, 6.07) is 8.30. The van der Waals surface area contributed by atoms with Crippen molar-refractivity contribution in [3.05, 3.63) is 58.7 Å². The van der Waals surface area contributed by atoms with E-state index < -0.39 is 0 Å². The van der Waals surface area contributed by atoms with Gasteiger partial charge >= 0.3 is 0 Å². The minimum Gasteiger partial charge on any atom is -0.308 e. The Morgan fingerprint density at radius 2 is 2.00 bits per heavy atom. The number of amides is 2. The van der Waals surface area contributed by atoms with Gasteiger partial charge in [0.2, 0.25) is 0 Å². The minimum atomic E-state index is -0.138. The quantitative estimate of drug-likeness (QED) is 0.847. The van der Waals surface area contributed by atoms with E-state index in [1.54, 1.807) is 6.08 Å². The molecule has 0 radical (unpaired) electrons. The molecule has 0 saturated heterocycles. The number of rotatable bonds is 2. The van der Waals surface area contributed by atoms with Gasteiger partial charge in [-0.25, -0.2) is 0 Å². The van der Waals surface area contributed by atoms with Gasteiger partial charge in [0.15, 0.2) is 0 Å². The van der Waals surface area contributed by atoms with E-state index in [4.69, 9.17) is 0 Å². The van der Waals surface area contributed by atoms with Crippen LogP contribution in [0.2, 0.25) is 0 Å². The van der Waals surface area contributed by atoms with Crippen molar-refractivity contribution in [1.82, 2.24) is 10.2 Å². The first kappa shape index (κ1) is 13.5. The zero-order chi connectivity index (χ0) is 15.1. The lowest BCUT2D eigenvalue weighted by Gasteiger charge is -2.29. The SMILES string of the molecule is O=C1C2=C(CCC=C2)C(=O)N1CC1NCCc2ccccc21. The number of nitrogens with zero attached hydrogens (tertiary/aromatic N) is 1. The second-order valence-corrected chi connectivity index (χ2v) is 6.01. The van der Waals surface area contributed by atoms with E-state index in [9.17, 15) is 9.59 Å². The Morgan fingerprint density at radius 3 is 2.86 bits per heavy atom. The summed E-state index contributed by atoms with van der Waals surface area (Å²) in [4.78, 5) is 26.4. The molecule has 22 heavy (non-hydrogen) atoms. The van der Waals surface area contributed by atoms with E-state index in [-0.39, 0.29) is 17.9 Å². The van der Waals surface area contributed by atoms with Crippen molar-refractivity contribution in [2.24, 2.45) is 0 Å². The van der Waals surface area contributed by atoms with E-state index in [2.05, 4.69) is 17.4 Å². The van der Waals surface area contributed by atoms with Crippen LogP contribution < -0.4 is 5.32 Å². The lowest BCUT2D eigenvalue weighted by atomic mass is 9.94. The van der Waals surface area contributed by atoms with Crippen LogP contribution in [0.25, 0.3) is 0 Å². The van der Waals surface area contributed by atoms with Crippen LogP contribution in [-0.2, 0) is 16.0 Å². The number of fused-ring (bicyclic) bond motifs is 1. The zero-order valence-corrected chi connectivity index (χ0v) is 12.3. The number of benzene rings is 1. The van der Waals surface area contributed by atoms with Crippen molar-refractivity contribution in [3.8, 4) is 0 Å². The Hall–Kier alpha value is -2.20. The maximum Gasteiger partial charge on any atom is 0.261 e. The topological polar surface area (TPSA) is 49.4 Å². The largest absolute Gasteiger partial charge is 0.308 e. The smallest absolute Gasteiger partial charge is 0.261 e. The van der Waals surface area contributed by atoms with Gasteiger partial charge in [0, 0.05) is 17.7 Å². The maximum atomic E-state index is 12.5. The highest BCUT2D eigenvalue weighted by Crippen LogP contribution is 2.31. The number of carbonyl (C=O) groups is 2. The van der Waals surface area contributed by atoms with Crippen molar-refractivity contribution in [2.75, 3.05) is 13.1 Å². The molecule has 0 aromatic heterocycles. The molecule has 2 aliphatic heterocycles. The van der Waals surface area contributed by atoms with Gasteiger partial charge in [0.25, 0.3) is 11.8 Å². The molecule has 1 unspecified atom stereocenters. The van der Waals surface area contributed by atoms with Crippen molar-refractivity contribution in [3.63, 3.8) is 0 Å². The average molecular weight is 294 g/mol. The fourth-order valence-electron chi connectivity index (χ4n) is 3.59. The first-order valence-electron chi connectivity index (χ1n) is 7.83. The highest BCUT2D eigenvalue weighted by atomic mass is 16.2. The van der Waals surface area contributed by atoms with Gasteiger partial charge in [0.1, 0.15) is 0 Å². The molecular weight excluding hydrogens is 276 g/mol. The molecule has 1 aromatic rings. The molecule has 112 valence electrons. The molecule has 2 amide bonds. The van der Waals surface area contributed by atoms with Crippen LogP contribution in [-0.4, -0.2) is 29.8 Å². The number of allylic oxidation sites excluding steroid dienone is 1. The van der Waals surface area contributed by atoms with E-state index in [0.29, 0.717) is 24.1 Å². The molecule has 2 heterocycles. The third kappa shape index (κ3) is 2.03. The number of imide groups is 1. The molecule has 3 aliphatic rings. The highest BCUT2D eigenvalue weighted by molar-refractivity contribution is 6.20. The summed E-state index contributed by atoms with van der Waals surface area (Å²) < 4.78 is 0. The van der Waals surface area contributed by atoms with E-state index in [1.165, 1.54) is 16.0 Å². The summed E-state index contributed by atoms with van der Waals surface area (Å²) in [6.45, 7) is 1.29. The van der Waals surface area contributed by atoms with Gasteiger partial charge in [-0.1, -0.05) is 36.4 Å². The molecule has 0 spiro atoms. The first-order valence-corrected chi connectivity index (χ1v) is 7.83. The van der Waals surface area contributed by atoms with Gasteiger partial charge in [-0.3, -0.25) is 14.5 Å². The van der Waals surface area contributed by atoms with Crippen molar-refractivity contribution >= 4 is 11.8 Å². The predicted octanol–water partition coefficient (Wildman–Crippen LogP) is 1.89. The number of hydrogen-bond donors (Lipinski definition) is 1.